The van der Waals surface area contributed by atoms with E-state index in [2.05, 4.69) is 173 Å². The Balaban J connectivity index is 1.10. The molecule has 1 spiro atoms. The molecular formula is C53H31FN2. The van der Waals surface area contributed by atoms with Crippen molar-refractivity contribution in [3.63, 3.8) is 0 Å². The minimum absolute atomic E-state index is 0.242. The lowest BCUT2D eigenvalue weighted by atomic mass is 9.73. The van der Waals surface area contributed by atoms with Gasteiger partial charge in [-0.1, -0.05) is 121 Å². The number of rotatable bonds is 4. The minimum atomic E-state index is -0.378. The van der Waals surface area contributed by atoms with E-state index in [1.807, 2.05) is 12.1 Å². The molecule has 3 aliphatic rings. The van der Waals surface area contributed by atoms with Crippen LogP contribution in [-0.2, 0) is 5.41 Å². The van der Waals surface area contributed by atoms with E-state index in [0.29, 0.717) is 0 Å². The molecule has 0 N–H and O–H groups in total. The quantitative estimate of drug-likeness (QED) is 0.176. The summed E-state index contributed by atoms with van der Waals surface area (Å²) in [5.74, 6) is -0.242. The SMILES string of the molecule is Fc1ccc(-n2c3ccccc3c3cc(N(c4ccc5c(c4)C46c7ccccc7-c7cccc(c74)-c4cccc-5c46)c4cccc5ccccc45)ccc32)cc1. The molecule has 3 aliphatic carbocycles. The fraction of sp³-hybridized carbons (Fsp3) is 0.0189. The molecule has 3 heteroatoms. The zero-order chi connectivity index (χ0) is 36.7. The van der Waals surface area contributed by atoms with Gasteiger partial charge in [0, 0.05) is 33.2 Å². The number of anilines is 3. The number of hydrogen-bond acceptors (Lipinski definition) is 1. The van der Waals surface area contributed by atoms with Crippen LogP contribution in [0.2, 0.25) is 0 Å². The molecule has 1 heterocycles. The van der Waals surface area contributed by atoms with Crippen LogP contribution in [0.4, 0.5) is 21.5 Å². The number of para-hydroxylation sites is 1. The number of nitrogens with zero attached hydrogens (tertiary/aromatic N) is 2. The Kier molecular flexibility index (Phi) is 5.76. The lowest BCUT2D eigenvalue weighted by Crippen LogP contribution is -2.23. The van der Waals surface area contributed by atoms with Crippen molar-refractivity contribution in [2.45, 2.75) is 5.41 Å². The van der Waals surface area contributed by atoms with Crippen LogP contribution in [0.15, 0.2) is 188 Å². The van der Waals surface area contributed by atoms with Gasteiger partial charge in [0.15, 0.2) is 0 Å². The lowest BCUT2D eigenvalue weighted by molar-refractivity contribution is 0.627. The largest absolute Gasteiger partial charge is 0.310 e. The highest BCUT2D eigenvalue weighted by Crippen LogP contribution is 2.70. The molecule has 1 unspecified atom stereocenters. The molecule has 0 amide bonds. The molecule has 9 aromatic carbocycles. The van der Waals surface area contributed by atoms with Gasteiger partial charge in [-0.3, -0.25) is 0 Å². The van der Waals surface area contributed by atoms with Crippen molar-refractivity contribution in [2.75, 3.05) is 4.90 Å². The Hall–Kier alpha value is -7.23. The zero-order valence-corrected chi connectivity index (χ0v) is 30.2. The van der Waals surface area contributed by atoms with Crippen molar-refractivity contribution < 1.29 is 4.39 Å². The molecule has 0 bridgehead atoms. The van der Waals surface area contributed by atoms with Crippen LogP contribution in [0.25, 0.3) is 71.6 Å². The zero-order valence-electron chi connectivity index (χ0n) is 30.2. The molecular weight excluding hydrogens is 684 g/mol. The van der Waals surface area contributed by atoms with Crippen molar-refractivity contribution >= 4 is 49.6 Å². The third-order valence-electron chi connectivity index (χ3n) is 12.8. The number of hydrogen-bond donors (Lipinski definition) is 0. The first-order valence-electron chi connectivity index (χ1n) is 19.3. The predicted octanol–water partition coefficient (Wildman–Crippen LogP) is 13.9. The number of fused-ring (bicyclic) bond motifs is 9. The van der Waals surface area contributed by atoms with Crippen LogP contribution in [0.3, 0.4) is 0 Å². The maximum Gasteiger partial charge on any atom is 0.123 e. The monoisotopic (exact) mass is 714 g/mol. The van der Waals surface area contributed by atoms with Gasteiger partial charge in [0.25, 0.3) is 0 Å². The first-order chi connectivity index (χ1) is 27.7. The van der Waals surface area contributed by atoms with E-state index in [4.69, 9.17) is 0 Å². The molecule has 260 valence electrons. The van der Waals surface area contributed by atoms with E-state index in [1.165, 1.54) is 78.5 Å². The van der Waals surface area contributed by atoms with Crippen LogP contribution in [0, 0.1) is 5.82 Å². The maximum atomic E-state index is 14.1. The molecule has 1 atom stereocenters. The van der Waals surface area contributed by atoms with Crippen molar-refractivity contribution in [3.8, 4) is 39.1 Å². The van der Waals surface area contributed by atoms with Crippen molar-refractivity contribution in [1.29, 1.82) is 0 Å². The summed E-state index contributed by atoms with van der Waals surface area (Å²) in [6.07, 6.45) is 0. The van der Waals surface area contributed by atoms with Gasteiger partial charge >= 0.3 is 0 Å². The number of benzene rings is 9. The first-order valence-corrected chi connectivity index (χ1v) is 19.3. The Bertz CT molecular complexity index is 3290. The van der Waals surface area contributed by atoms with Crippen molar-refractivity contribution in [3.05, 3.63) is 216 Å². The molecule has 56 heavy (non-hydrogen) atoms. The minimum Gasteiger partial charge on any atom is -0.310 e. The molecule has 13 rings (SSSR count). The summed E-state index contributed by atoms with van der Waals surface area (Å²) in [7, 11) is 0. The topological polar surface area (TPSA) is 8.17 Å². The van der Waals surface area contributed by atoms with E-state index in [1.54, 1.807) is 0 Å². The second-order valence-corrected chi connectivity index (χ2v) is 15.3. The number of halogens is 1. The molecule has 0 saturated carbocycles. The van der Waals surface area contributed by atoms with Crippen LogP contribution in [0.5, 0.6) is 0 Å². The second kappa shape index (κ2) is 10.7. The molecule has 10 aromatic rings. The predicted molar refractivity (Wildman–Crippen MR) is 228 cm³/mol. The first kappa shape index (κ1) is 30.1. The van der Waals surface area contributed by atoms with E-state index >= 15 is 0 Å². The van der Waals surface area contributed by atoms with Gasteiger partial charge < -0.3 is 9.47 Å². The average Bonchev–Trinajstić information content (AvgIpc) is 3.94. The average molecular weight is 715 g/mol. The van der Waals surface area contributed by atoms with Crippen LogP contribution < -0.4 is 4.90 Å². The number of aromatic nitrogens is 1. The Morgan fingerprint density at radius 1 is 0.411 bits per heavy atom. The van der Waals surface area contributed by atoms with Crippen molar-refractivity contribution in [2.24, 2.45) is 0 Å². The Morgan fingerprint density at radius 3 is 1.79 bits per heavy atom. The van der Waals surface area contributed by atoms with Gasteiger partial charge in [0.2, 0.25) is 0 Å². The summed E-state index contributed by atoms with van der Waals surface area (Å²) in [6.45, 7) is 0. The highest BCUT2D eigenvalue weighted by Gasteiger charge is 2.57. The standard InChI is InChI=1S/C53H31FN2/c54-33-22-24-34(25-23-33)56-49-20-6-4-14-40(49)45-30-35(27-29-50(45)56)55(48-21-7-11-32-10-1-2-12-37(32)48)36-26-28-39-42-16-9-18-44-43-17-8-15-41-38-13-3-5-19-46(38)53(51(41)43,52(42)44)47(39)31-36/h1-31H. The van der Waals surface area contributed by atoms with E-state index in [-0.39, 0.29) is 11.2 Å². The molecule has 0 saturated heterocycles. The van der Waals surface area contributed by atoms with Crippen LogP contribution in [0.1, 0.15) is 22.3 Å². The summed E-state index contributed by atoms with van der Waals surface area (Å²) >= 11 is 0. The molecule has 0 aliphatic heterocycles. The smallest absolute Gasteiger partial charge is 0.123 e. The van der Waals surface area contributed by atoms with Crippen LogP contribution in [-0.4, -0.2) is 4.57 Å². The third kappa shape index (κ3) is 3.65. The maximum absolute atomic E-state index is 14.1. The fourth-order valence-electron chi connectivity index (χ4n) is 10.7. The van der Waals surface area contributed by atoms with Gasteiger partial charge in [-0.25, -0.2) is 4.39 Å². The summed E-state index contributed by atoms with van der Waals surface area (Å²) in [5, 5.41) is 4.68. The highest BCUT2D eigenvalue weighted by atomic mass is 19.1. The van der Waals surface area contributed by atoms with Gasteiger partial charge in [0.05, 0.1) is 22.1 Å². The van der Waals surface area contributed by atoms with E-state index < -0.39 is 0 Å². The summed E-state index contributed by atoms with van der Waals surface area (Å²) in [5.41, 5.74) is 19.6. The van der Waals surface area contributed by atoms with Crippen LogP contribution >= 0.6 is 0 Å². The normalized spacial score (nSPS) is 15.3. The van der Waals surface area contributed by atoms with E-state index in [9.17, 15) is 4.39 Å². The lowest BCUT2D eigenvalue weighted by Gasteiger charge is -2.31. The molecule has 2 nitrogen and oxygen atoms in total. The third-order valence-corrected chi connectivity index (χ3v) is 12.8. The molecule has 0 fully saturated rings. The van der Waals surface area contributed by atoms with Gasteiger partial charge in [-0.2, -0.15) is 0 Å². The molecule has 1 aromatic heterocycles. The Morgan fingerprint density at radius 2 is 0.982 bits per heavy atom. The molecule has 0 radical (unpaired) electrons. The fourth-order valence-corrected chi connectivity index (χ4v) is 10.7. The van der Waals surface area contributed by atoms with Crippen molar-refractivity contribution in [1.82, 2.24) is 4.57 Å². The van der Waals surface area contributed by atoms with E-state index in [0.717, 1.165) is 44.6 Å². The summed E-state index contributed by atoms with van der Waals surface area (Å²) < 4.78 is 16.4. The summed E-state index contributed by atoms with van der Waals surface area (Å²) in [6, 6.07) is 67.4. The Labute approximate surface area is 323 Å². The van der Waals surface area contributed by atoms with Gasteiger partial charge in [0.1, 0.15) is 5.82 Å². The highest BCUT2D eigenvalue weighted by molar-refractivity contribution is 6.12. The van der Waals surface area contributed by atoms with Gasteiger partial charge in [-0.15, -0.1) is 0 Å². The summed E-state index contributed by atoms with van der Waals surface area (Å²) in [4.78, 5) is 2.45. The van der Waals surface area contributed by atoms with Gasteiger partial charge in [-0.05, 0) is 128 Å². The second-order valence-electron chi connectivity index (χ2n) is 15.3.